The van der Waals surface area contributed by atoms with E-state index < -0.39 is 23.5 Å². The maximum atomic E-state index is 10.8. The summed E-state index contributed by atoms with van der Waals surface area (Å²) in [5.41, 5.74) is 0.703. The van der Waals surface area contributed by atoms with Crippen molar-refractivity contribution >= 4 is 11.1 Å². The first kappa shape index (κ1) is 13.1. The molecule has 1 aromatic rings. The Labute approximate surface area is 96.0 Å². The van der Waals surface area contributed by atoms with Gasteiger partial charge in [-0.25, -0.2) is 4.21 Å². The van der Waals surface area contributed by atoms with Crippen molar-refractivity contribution in [3.63, 3.8) is 0 Å². The monoisotopic (exact) mass is 246 g/mol. The molecule has 0 saturated carbocycles. The Hall–Kier alpha value is -0.950. The summed E-state index contributed by atoms with van der Waals surface area (Å²) in [4.78, 5) is 0.179. The summed E-state index contributed by atoms with van der Waals surface area (Å²) < 4.78 is 24.8. The van der Waals surface area contributed by atoms with Crippen molar-refractivity contribution in [2.75, 3.05) is 0 Å². The van der Waals surface area contributed by atoms with E-state index in [0.29, 0.717) is 5.56 Å². The molecule has 3 unspecified atom stereocenters. The van der Waals surface area contributed by atoms with Crippen molar-refractivity contribution < 1.29 is 23.7 Å². The second-order valence-corrected chi connectivity index (χ2v) is 4.40. The first-order valence-electron chi connectivity index (χ1n) is 4.66. The third-order valence-corrected chi connectivity index (χ3v) is 2.68. The van der Waals surface area contributed by atoms with E-state index >= 15 is 0 Å². The molecule has 0 aliphatic rings. The molecule has 0 saturated heterocycles. The molecule has 3 atom stereocenters. The van der Waals surface area contributed by atoms with Crippen LogP contribution in [0.1, 0.15) is 12.5 Å². The molecular weight excluding hydrogens is 232 g/mol. The highest BCUT2D eigenvalue weighted by Crippen LogP contribution is 2.22. The number of aryl methyl sites for hydroxylation is 1. The molecule has 0 aliphatic heterocycles. The van der Waals surface area contributed by atoms with Crippen molar-refractivity contribution in [2.24, 2.45) is 0 Å². The molecule has 0 radical (unpaired) electrons. The van der Waals surface area contributed by atoms with Crippen LogP contribution in [0.15, 0.2) is 23.1 Å². The third-order valence-electron chi connectivity index (χ3n) is 2.02. The zero-order chi connectivity index (χ0) is 12.3. The van der Waals surface area contributed by atoms with E-state index in [9.17, 15) is 9.32 Å². The molecule has 0 bridgehead atoms. The molecule has 1 rings (SSSR count). The molecule has 0 aromatic heterocycles. The van der Waals surface area contributed by atoms with Crippen molar-refractivity contribution in [2.45, 2.75) is 31.1 Å². The van der Waals surface area contributed by atoms with Crippen LogP contribution in [0.3, 0.4) is 0 Å². The molecule has 16 heavy (non-hydrogen) atoms. The molecule has 5 nitrogen and oxygen atoms in total. The van der Waals surface area contributed by atoms with Crippen LogP contribution in [0.4, 0.5) is 0 Å². The van der Waals surface area contributed by atoms with Gasteiger partial charge < -0.3 is 19.5 Å². The molecule has 6 heteroatoms. The fraction of sp³-hybridized carbons (Fsp3) is 0.400. The van der Waals surface area contributed by atoms with Gasteiger partial charge in [0.1, 0.15) is 11.9 Å². The highest BCUT2D eigenvalue weighted by atomic mass is 32.2. The zero-order valence-corrected chi connectivity index (χ0v) is 9.77. The Balaban J connectivity index is 2.94. The number of hydrogen-bond acceptors (Lipinski definition) is 4. The lowest BCUT2D eigenvalue weighted by atomic mass is 10.2. The summed E-state index contributed by atoms with van der Waals surface area (Å²) in [5, 5.41) is 18.4. The van der Waals surface area contributed by atoms with E-state index in [1.807, 2.05) is 0 Å². The number of ether oxygens (including phenoxy) is 1. The van der Waals surface area contributed by atoms with Gasteiger partial charge in [0.15, 0.2) is 11.1 Å². The number of aliphatic hydroxyl groups is 2. The predicted molar refractivity (Wildman–Crippen MR) is 58.5 cm³/mol. The SMILES string of the molecule is Cc1ccc(S(=O)O)cc1OC(O)C(C)O. The average Bonchev–Trinajstić information content (AvgIpc) is 2.20. The van der Waals surface area contributed by atoms with Gasteiger partial charge >= 0.3 is 0 Å². The Bertz CT molecular complexity index is 391. The van der Waals surface area contributed by atoms with E-state index in [2.05, 4.69) is 0 Å². The Morgan fingerprint density at radius 2 is 2.00 bits per heavy atom. The fourth-order valence-corrected chi connectivity index (χ4v) is 1.44. The van der Waals surface area contributed by atoms with Gasteiger partial charge in [0.25, 0.3) is 0 Å². The van der Waals surface area contributed by atoms with Gasteiger partial charge in [-0.2, -0.15) is 0 Å². The van der Waals surface area contributed by atoms with Crippen molar-refractivity contribution in [3.05, 3.63) is 23.8 Å². The van der Waals surface area contributed by atoms with Crippen LogP contribution in [-0.4, -0.2) is 31.4 Å². The Morgan fingerprint density at radius 3 is 2.50 bits per heavy atom. The lowest BCUT2D eigenvalue weighted by Gasteiger charge is -2.17. The molecule has 0 amide bonds. The quantitative estimate of drug-likeness (QED) is 0.536. The molecule has 3 N–H and O–H groups in total. The van der Waals surface area contributed by atoms with E-state index in [1.165, 1.54) is 19.1 Å². The molecule has 1 aromatic carbocycles. The summed E-state index contributed by atoms with van der Waals surface area (Å²) in [7, 11) is 0. The first-order valence-corrected chi connectivity index (χ1v) is 5.77. The average molecular weight is 246 g/mol. The summed E-state index contributed by atoms with van der Waals surface area (Å²) in [6.07, 6.45) is -2.40. The minimum Gasteiger partial charge on any atom is -0.462 e. The second kappa shape index (κ2) is 5.40. The smallest absolute Gasteiger partial charge is 0.223 e. The largest absolute Gasteiger partial charge is 0.462 e. The number of hydrogen-bond donors (Lipinski definition) is 3. The maximum absolute atomic E-state index is 10.8. The van der Waals surface area contributed by atoms with E-state index in [-0.39, 0.29) is 10.6 Å². The van der Waals surface area contributed by atoms with Crippen LogP contribution >= 0.6 is 0 Å². The third kappa shape index (κ3) is 3.28. The van der Waals surface area contributed by atoms with Crippen molar-refractivity contribution in [1.29, 1.82) is 0 Å². The highest BCUT2D eigenvalue weighted by molar-refractivity contribution is 7.79. The summed E-state index contributed by atoms with van der Waals surface area (Å²) in [6, 6.07) is 4.46. The van der Waals surface area contributed by atoms with Crippen LogP contribution in [0.25, 0.3) is 0 Å². The fourth-order valence-electron chi connectivity index (χ4n) is 1.04. The number of rotatable bonds is 4. The van der Waals surface area contributed by atoms with Gasteiger partial charge in [0.05, 0.1) is 4.90 Å². The van der Waals surface area contributed by atoms with Crippen LogP contribution in [-0.2, 0) is 11.1 Å². The minimum atomic E-state index is -2.10. The minimum absolute atomic E-state index is 0.179. The van der Waals surface area contributed by atoms with Gasteiger partial charge in [-0.1, -0.05) is 6.07 Å². The van der Waals surface area contributed by atoms with Crippen LogP contribution in [0.2, 0.25) is 0 Å². The van der Waals surface area contributed by atoms with Gasteiger partial charge in [-0.3, -0.25) is 0 Å². The number of aliphatic hydroxyl groups excluding tert-OH is 2. The lowest BCUT2D eigenvalue weighted by Crippen LogP contribution is -2.28. The zero-order valence-electron chi connectivity index (χ0n) is 8.95. The van der Waals surface area contributed by atoms with Gasteiger partial charge in [-0.15, -0.1) is 0 Å². The van der Waals surface area contributed by atoms with Crippen LogP contribution in [0.5, 0.6) is 5.75 Å². The molecule has 90 valence electrons. The van der Waals surface area contributed by atoms with E-state index in [4.69, 9.17) is 14.4 Å². The summed E-state index contributed by atoms with van der Waals surface area (Å²) >= 11 is -2.10. The van der Waals surface area contributed by atoms with Crippen molar-refractivity contribution in [3.8, 4) is 5.75 Å². The highest BCUT2D eigenvalue weighted by Gasteiger charge is 2.14. The first-order chi connectivity index (χ1) is 7.41. The molecular formula is C10H14O5S. The van der Waals surface area contributed by atoms with Crippen LogP contribution < -0.4 is 4.74 Å². The molecule has 0 heterocycles. The van der Waals surface area contributed by atoms with E-state index in [0.717, 1.165) is 0 Å². The van der Waals surface area contributed by atoms with Crippen molar-refractivity contribution in [1.82, 2.24) is 0 Å². The molecule has 0 spiro atoms. The standard InChI is InChI=1S/C10H14O5S/c1-6-3-4-8(16(13)14)5-9(6)15-10(12)7(2)11/h3-5,7,10-12H,1-2H3,(H,13,14). The van der Waals surface area contributed by atoms with Gasteiger partial charge in [-0.05, 0) is 31.5 Å². The van der Waals surface area contributed by atoms with Gasteiger partial charge in [0.2, 0.25) is 6.29 Å². The summed E-state index contributed by atoms with van der Waals surface area (Å²) in [5.74, 6) is 0.272. The van der Waals surface area contributed by atoms with Gasteiger partial charge in [0, 0.05) is 0 Å². The van der Waals surface area contributed by atoms with E-state index in [1.54, 1.807) is 13.0 Å². The maximum Gasteiger partial charge on any atom is 0.223 e. The number of benzene rings is 1. The Morgan fingerprint density at radius 1 is 1.38 bits per heavy atom. The predicted octanol–water partition coefficient (Wildman–Crippen LogP) is 0.654. The topological polar surface area (TPSA) is 87.0 Å². The normalized spacial score (nSPS) is 16.6. The lowest BCUT2D eigenvalue weighted by molar-refractivity contribution is -0.0962. The summed E-state index contributed by atoms with van der Waals surface area (Å²) in [6.45, 7) is 3.11. The molecule has 0 aliphatic carbocycles. The second-order valence-electron chi connectivity index (χ2n) is 3.43. The van der Waals surface area contributed by atoms with Crippen LogP contribution in [0, 0.1) is 6.92 Å². The molecule has 0 fully saturated rings. The Kier molecular flexibility index (Phi) is 4.43.